The van der Waals surface area contributed by atoms with Gasteiger partial charge in [-0.15, -0.1) is 0 Å². The zero-order valence-corrected chi connectivity index (χ0v) is 12.9. The van der Waals surface area contributed by atoms with Crippen LogP contribution in [0.4, 0.5) is 4.79 Å². The first-order valence-electron chi connectivity index (χ1n) is 7.50. The van der Waals surface area contributed by atoms with Crippen molar-refractivity contribution >= 4 is 6.03 Å². The molecule has 0 saturated heterocycles. The molecule has 0 spiro atoms. The summed E-state index contributed by atoms with van der Waals surface area (Å²) < 4.78 is 11.5. The molecule has 1 N–H and O–H groups in total. The standard InChI is InChI=1S/C17H19N3O3/c1-20(17(21)19-10-13-6-4-5-9-18-13)11-14-12-22-15-7-2-3-8-16(15)23-14/h2-9,14H,10-12H2,1H3,(H,19,21)/t14-/m0/s1. The Labute approximate surface area is 135 Å². The van der Waals surface area contributed by atoms with Crippen LogP contribution in [-0.4, -0.2) is 42.2 Å². The van der Waals surface area contributed by atoms with Gasteiger partial charge in [-0.25, -0.2) is 4.79 Å². The molecule has 6 heteroatoms. The highest BCUT2D eigenvalue weighted by Gasteiger charge is 2.23. The Morgan fingerprint density at radius 1 is 1.26 bits per heavy atom. The molecular formula is C17H19N3O3. The molecule has 0 unspecified atom stereocenters. The lowest BCUT2D eigenvalue weighted by molar-refractivity contribution is 0.0715. The van der Waals surface area contributed by atoms with E-state index in [9.17, 15) is 4.79 Å². The number of hydrogen-bond acceptors (Lipinski definition) is 4. The maximum atomic E-state index is 12.1. The van der Waals surface area contributed by atoms with Crippen LogP contribution in [0.3, 0.4) is 0 Å². The quantitative estimate of drug-likeness (QED) is 0.938. The van der Waals surface area contributed by atoms with Gasteiger partial charge in [0.05, 0.1) is 18.8 Å². The number of benzene rings is 1. The largest absolute Gasteiger partial charge is 0.486 e. The molecule has 0 fully saturated rings. The molecule has 120 valence electrons. The number of nitrogens with one attached hydrogen (secondary N) is 1. The lowest BCUT2D eigenvalue weighted by Gasteiger charge is -2.29. The molecule has 6 nitrogen and oxygen atoms in total. The van der Waals surface area contributed by atoms with Crippen LogP contribution in [0.5, 0.6) is 11.5 Å². The van der Waals surface area contributed by atoms with E-state index in [1.54, 1.807) is 18.1 Å². The summed E-state index contributed by atoms with van der Waals surface area (Å²) in [6, 6.07) is 13.0. The van der Waals surface area contributed by atoms with Crippen LogP contribution in [-0.2, 0) is 6.54 Å². The number of hydrogen-bond donors (Lipinski definition) is 1. The highest BCUT2D eigenvalue weighted by molar-refractivity contribution is 5.73. The van der Waals surface area contributed by atoms with Gasteiger partial charge in [0.1, 0.15) is 6.61 Å². The molecule has 2 amide bonds. The summed E-state index contributed by atoms with van der Waals surface area (Å²) in [6.07, 6.45) is 1.52. The van der Waals surface area contributed by atoms with Crippen LogP contribution >= 0.6 is 0 Å². The van der Waals surface area contributed by atoms with E-state index in [1.807, 2.05) is 42.5 Å². The van der Waals surface area contributed by atoms with E-state index < -0.39 is 0 Å². The molecule has 0 saturated carbocycles. The van der Waals surface area contributed by atoms with Gasteiger partial charge in [-0.3, -0.25) is 4.98 Å². The number of para-hydroxylation sites is 2. The number of urea groups is 1. The molecule has 1 aliphatic rings. The first-order valence-corrected chi connectivity index (χ1v) is 7.50. The second kappa shape index (κ2) is 7.00. The van der Waals surface area contributed by atoms with Crippen LogP contribution in [0, 0.1) is 0 Å². The van der Waals surface area contributed by atoms with Crippen molar-refractivity contribution in [2.75, 3.05) is 20.2 Å². The van der Waals surface area contributed by atoms with E-state index in [-0.39, 0.29) is 12.1 Å². The molecule has 1 atom stereocenters. The number of rotatable bonds is 4. The summed E-state index contributed by atoms with van der Waals surface area (Å²) in [5.74, 6) is 1.46. The minimum atomic E-state index is -0.185. The summed E-state index contributed by atoms with van der Waals surface area (Å²) in [4.78, 5) is 17.9. The summed E-state index contributed by atoms with van der Waals surface area (Å²) >= 11 is 0. The highest BCUT2D eigenvalue weighted by Crippen LogP contribution is 2.30. The second-order valence-corrected chi connectivity index (χ2v) is 5.36. The highest BCUT2D eigenvalue weighted by atomic mass is 16.6. The van der Waals surface area contributed by atoms with Gasteiger partial charge in [-0.1, -0.05) is 18.2 Å². The van der Waals surface area contributed by atoms with Crippen LogP contribution in [0.1, 0.15) is 5.69 Å². The average molecular weight is 313 g/mol. The Hall–Kier alpha value is -2.76. The normalized spacial score (nSPS) is 15.8. The van der Waals surface area contributed by atoms with E-state index in [0.29, 0.717) is 25.4 Å². The van der Waals surface area contributed by atoms with Crippen molar-refractivity contribution in [2.45, 2.75) is 12.6 Å². The topological polar surface area (TPSA) is 63.7 Å². The Balaban J connectivity index is 1.49. The maximum Gasteiger partial charge on any atom is 0.317 e. The number of likely N-dealkylation sites (N-methyl/N-ethyl adjacent to an activating group) is 1. The van der Waals surface area contributed by atoms with Gasteiger partial charge in [0, 0.05) is 13.2 Å². The smallest absolute Gasteiger partial charge is 0.317 e. The van der Waals surface area contributed by atoms with E-state index >= 15 is 0 Å². The van der Waals surface area contributed by atoms with Crippen LogP contribution in [0.25, 0.3) is 0 Å². The lowest BCUT2D eigenvalue weighted by Crippen LogP contribution is -2.45. The number of fused-ring (bicyclic) bond motifs is 1. The van der Waals surface area contributed by atoms with Crippen LogP contribution < -0.4 is 14.8 Å². The van der Waals surface area contributed by atoms with Crippen molar-refractivity contribution in [1.82, 2.24) is 15.2 Å². The zero-order valence-electron chi connectivity index (χ0n) is 12.9. The van der Waals surface area contributed by atoms with Gasteiger partial charge in [-0.05, 0) is 24.3 Å². The molecule has 1 aliphatic heterocycles. The van der Waals surface area contributed by atoms with Crippen molar-refractivity contribution in [3.8, 4) is 11.5 Å². The number of ether oxygens (including phenoxy) is 2. The third-order valence-corrected chi connectivity index (χ3v) is 3.54. The Kier molecular flexibility index (Phi) is 4.61. The first-order chi connectivity index (χ1) is 11.2. The van der Waals surface area contributed by atoms with E-state index in [2.05, 4.69) is 10.3 Å². The third kappa shape index (κ3) is 3.91. The van der Waals surface area contributed by atoms with Gasteiger partial charge in [0.2, 0.25) is 0 Å². The molecule has 0 bridgehead atoms. The molecule has 2 heterocycles. The zero-order chi connectivity index (χ0) is 16.1. The van der Waals surface area contributed by atoms with Gasteiger partial charge in [0.15, 0.2) is 17.6 Å². The molecule has 0 aliphatic carbocycles. The molecule has 1 aromatic carbocycles. The summed E-state index contributed by atoms with van der Waals surface area (Å²) in [6.45, 7) is 1.27. The average Bonchev–Trinajstić information content (AvgIpc) is 2.60. The Morgan fingerprint density at radius 2 is 2.04 bits per heavy atom. The predicted octanol–water partition coefficient (Wildman–Crippen LogP) is 2.06. The van der Waals surface area contributed by atoms with Crippen molar-refractivity contribution in [3.05, 3.63) is 54.4 Å². The fraction of sp³-hybridized carbons (Fsp3) is 0.294. The lowest BCUT2D eigenvalue weighted by atomic mass is 10.2. The van der Waals surface area contributed by atoms with Gasteiger partial charge < -0.3 is 19.7 Å². The SMILES string of the molecule is CN(C[C@H]1COc2ccccc2O1)C(=O)NCc1ccccn1. The molecular weight excluding hydrogens is 294 g/mol. The molecule has 0 radical (unpaired) electrons. The minimum Gasteiger partial charge on any atom is -0.486 e. The molecule has 1 aromatic heterocycles. The third-order valence-electron chi connectivity index (χ3n) is 3.54. The van der Waals surface area contributed by atoms with Gasteiger partial charge in [0.25, 0.3) is 0 Å². The molecule has 23 heavy (non-hydrogen) atoms. The van der Waals surface area contributed by atoms with E-state index in [4.69, 9.17) is 9.47 Å². The number of amides is 2. The van der Waals surface area contributed by atoms with Crippen molar-refractivity contribution in [2.24, 2.45) is 0 Å². The fourth-order valence-electron chi connectivity index (χ4n) is 2.35. The summed E-state index contributed by atoms with van der Waals surface area (Å²) in [7, 11) is 1.73. The monoisotopic (exact) mass is 313 g/mol. The Morgan fingerprint density at radius 3 is 2.83 bits per heavy atom. The Bertz CT molecular complexity index is 663. The maximum absolute atomic E-state index is 12.1. The predicted molar refractivity (Wildman–Crippen MR) is 85.5 cm³/mol. The van der Waals surface area contributed by atoms with Crippen molar-refractivity contribution in [3.63, 3.8) is 0 Å². The summed E-state index contributed by atoms with van der Waals surface area (Å²) in [5, 5.41) is 2.84. The molecule has 3 rings (SSSR count). The number of carbonyl (C=O) groups excluding carboxylic acids is 1. The molecule has 2 aromatic rings. The first kappa shape index (κ1) is 15.1. The number of carbonyl (C=O) groups is 1. The number of pyridine rings is 1. The number of nitrogens with zero attached hydrogens (tertiary/aromatic N) is 2. The van der Waals surface area contributed by atoms with Crippen molar-refractivity contribution < 1.29 is 14.3 Å². The summed E-state index contributed by atoms with van der Waals surface area (Å²) in [5.41, 5.74) is 0.820. The minimum absolute atomic E-state index is 0.168. The van der Waals surface area contributed by atoms with Crippen molar-refractivity contribution in [1.29, 1.82) is 0 Å². The van der Waals surface area contributed by atoms with Crippen LogP contribution in [0.15, 0.2) is 48.7 Å². The fourth-order valence-corrected chi connectivity index (χ4v) is 2.35. The van der Waals surface area contributed by atoms with Crippen LogP contribution in [0.2, 0.25) is 0 Å². The number of aromatic nitrogens is 1. The van der Waals surface area contributed by atoms with Gasteiger partial charge >= 0.3 is 6.03 Å². The van der Waals surface area contributed by atoms with Gasteiger partial charge in [-0.2, -0.15) is 0 Å². The second-order valence-electron chi connectivity index (χ2n) is 5.36. The van der Waals surface area contributed by atoms with E-state index in [1.165, 1.54) is 0 Å². The van der Waals surface area contributed by atoms with E-state index in [0.717, 1.165) is 11.4 Å².